The molecule has 3 rings (SSSR count). The molecule has 0 aromatic heterocycles. The second-order valence-corrected chi connectivity index (χ2v) is 9.00. The highest BCUT2D eigenvalue weighted by Crippen LogP contribution is 2.37. The van der Waals surface area contributed by atoms with Gasteiger partial charge < -0.3 is 15.1 Å². The zero-order valence-corrected chi connectivity index (χ0v) is 17.5. The van der Waals surface area contributed by atoms with Crippen molar-refractivity contribution in [2.75, 3.05) is 53.4 Å². The Balaban J connectivity index is 1.51. The average molecular weight is 390 g/mol. The summed E-state index contributed by atoms with van der Waals surface area (Å²) in [6.45, 7) is 5.51. The quantitative estimate of drug-likeness (QED) is 0.704. The number of amides is 2. The number of carbonyl (C=O) groups is 2. The lowest BCUT2D eigenvalue weighted by atomic mass is 9.77. The predicted octanol–water partition coefficient (Wildman–Crippen LogP) is 1.06. The summed E-state index contributed by atoms with van der Waals surface area (Å²) in [4.78, 5) is 32.6. The van der Waals surface area contributed by atoms with Crippen LogP contribution in [0, 0.1) is 23.2 Å². The van der Waals surface area contributed by atoms with Gasteiger partial charge in [-0.3, -0.25) is 14.5 Å². The molecule has 28 heavy (non-hydrogen) atoms. The van der Waals surface area contributed by atoms with Crippen molar-refractivity contribution >= 4 is 11.8 Å². The number of nitrogens with zero attached hydrogens (tertiary/aromatic N) is 4. The van der Waals surface area contributed by atoms with E-state index in [4.69, 9.17) is 0 Å². The zero-order valence-electron chi connectivity index (χ0n) is 17.5. The van der Waals surface area contributed by atoms with Crippen molar-refractivity contribution in [3.63, 3.8) is 0 Å². The minimum atomic E-state index is -0.652. The maximum Gasteiger partial charge on any atom is 0.226 e. The Morgan fingerprint density at radius 3 is 2.32 bits per heavy atom. The largest absolute Gasteiger partial charge is 0.340 e. The van der Waals surface area contributed by atoms with Crippen LogP contribution < -0.4 is 5.32 Å². The van der Waals surface area contributed by atoms with Gasteiger partial charge in [0, 0.05) is 38.0 Å². The smallest absolute Gasteiger partial charge is 0.226 e. The number of hydrogen-bond acceptors (Lipinski definition) is 5. The first kappa shape index (κ1) is 21.1. The summed E-state index contributed by atoms with van der Waals surface area (Å²) in [5, 5.41) is 12.2. The van der Waals surface area contributed by atoms with Crippen LogP contribution in [0.25, 0.3) is 0 Å². The van der Waals surface area contributed by atoms with Gasteiger partial charge in [0.2, 0.25) is 11.8 Å². The lowest BCUT2D eigenvalue weighted by Crippen LogP contribution is -2.53. The summed E-state index contributed by atoms with van der Waals surface area (Å²) in [5.74, 6) is -0.428. The second kappa shape index (κ2) is 9.23. The molecule has 3 fully saturated rings. The van der Waals surface area contributed by atoms with E-state index in [1.165, 1.54) is 0 Å². The Labute approximate surface area is 169 Å². The van der Waals surface area contributed by atoms with E-state index in [0.29, 0.717) is 0 Å². The maximum absolute atomic E-state index is 13.2. The molecule has 2 saturated carbocycles. The van der Waals surface area contributed by atoms with Crippen LogP contribution in [0.3, 0.4) is 0 Å². The lowest BCUT2D eigenvalue weighted by Gasteiger charge is -2.39. The van der Waals surface area contributed by atoms with Crippen molar-refractivity contribution in [1.82, 2.24) is 20.0 Å². The predicted molar refractivity (Wildman–Crippen MR) is 107 cm³/mol. The molecule has 7 nitrogen and oxygen atoms in total. The van der Waals surface area contributed by atoms with Gasteiger partial charge in [-0.05, 0) is 59.3 Å². The van der Waals surface area contributed by atoms with Crippen molar-refractivity contribution in [2.24, 2.45) is 11.8 Å². The minimum Gasteiger partial charge on any atom is -0.340 e. The van der Waals surface area contributed by atoms with Gasteiger partial charge in [-0.1, -0.05) is 12.8 Å². The van der Waals surface area contributed by atoms with E-state index >= 15 is 0 Å². The van der Waals surface area contributed by atoms with Crippen molar-refractivity contribution in [3.8, 4) is 6.07 Å². The van der Waals surface area contributed by atoms with E-state index in [9.17, 15) is 14.9 Å². The molecule has 7 heteroatoms. The molecule has 2 atom stereocenters. The lowest BCUT2D eigenvalue weighted by molar-refractivity contribution is -0.145. The minimum absolute atomic E-state index is 0.0839. The molecule has 0 spiro atoms. The number of carbonyl (C=O) groups excluding carboxylic acids is 2. The normalized spacial score (nSPS) is 27.3. The van der Waals surface area contributed by atoms with Gasteiger partial charge in [0.25, 0.3) is 0 Å². The van der Waals surface area contributed by atoms with Gasteiger partial charge in [-0.2, -0.15) is 5.26 Å². The van der Waals surface area contributed by atoms with Crippen LogP contribution in [-0.4, -0.2) is 85.4 Å². The molecule has 156 valence electrons. The molecule has 3 aliphatic rings. The van der Waals surface area contributed by atoms with Gasteiger partial charge in [0.15, 0.2) is 0 Å². The van der Waals surface area contributed by atoms with Gasteiger partial charge in [0.05, 0.1) is 6.07 Å². The highest BCUT2D eigenvalue weighted by Gasteiger charge is 2.47. The van der Waals surface area contributed by atoms with Crippen LogP contribution in [0.4, 0.5) is 0 Å². The number of nitriles is 1. The first-order valence-electron chi connectivity index (χ1n) is 10.8. The summed E-state index contributed by atoms with van der Waals surface area (Å²) in [6.07, 6.45) is 6.15. The van der Waals surface area contributed by atoms with E-state index in [2.05, 4.69) is 35.3 Å². The fraction of sp³-hybridized carbons (Fsp3) is 0.857. The van der Waals surface area contributed by atoms with Crippen LogP contribution in [0.1, 0.15) is 44.9 Å². The van der Waals surface area contributed by atoms with Crippen LogP contribution in [0.5, 0.6) is 0 Å². The van der Waals surface area contributed by atoms with Crippen LogP contribution >= 0.6 is 0 Å². The van der Waals surface area contributed by atoms with Crippen LogP contribution in [-0.2, 0) is 9.59 Å². The van der Waals surface area contributed by atoms with E-state index in [1.807, 2.05) is 4.90 Å². The van der Waals surface area contributed by atoms with E-state index in [0.717, 1.165) is 84.2 Å². The summed E-state index contributed by atoms with van der Waals surface area (Å²) in [5.41, 5.74) is -0.652. The third-order valence-electron chi connectivity index (χ3n) is 6.51. The molecule has 1 heterocycles. The Kier molecular flexibility index (Phi) is 6.95. The highest BCUT2D eigenvalue weighted by atomic mass is 16.2. The molecular formula is C21H35N5O2. The number of rotatable bonds is 7. The van der Waals surface area contributed by atoms with Gasteiger partial charge in [-0.15, -0.1) is 0 Å². The fourth-order valence-corrected chi connectivity index (χ4v) is 4.50. The third-order valence-corrected chi connectivity index (χ3v) is 6.51. The topological polar surface area (TPSA) is 79.7 Å². The molecule has 1 aliphatic heterocycles. The molecule has 2 amide bonds. The highest BCUT2D eigenvalue weighted by molar-refractivity contribution is 5.88. The summed E-state index contributed by atoms with van der Waals surface area (Å²) >= 11 is 0. The molecule has 0 bridgehead atoms. The van der Waals surface area contributed by atoms with Crippen LogP contribution in [0.15, 0.2) is 0 Å². The second-order valence-electron chi connectivity index (χ2n) is 9.00. The summed E-state index contributed by atoms with van der Waals surface area (Å²) in [7, 11) is 4.18. The van der Waals surface area contributed by atoms with Gasteiger partial charge in [0.1, 0.15) is 5.54 Å². The number of hydrogen-bond donors (Lipinski definition) is 1. The van der Waals surface area contributed by atoms with Crippen molar-refractivity contribution in [3.05, 3.63) is 0 Å². The first-order valence-corrected chi connectivity index (χ1v) is 10.8. The molecule has 0 unspecified atom stereocenters. The fourth-order valence-electron chi connectivity index (χ4n) is 4.50. The molecule has 0 radical (unpaired) electrons. The molecular weight excluding hydrogens is 354 g/mol. The zero-order chi connectivity index (χ0) is 20.1. The van der Waals surface area contributed by atoms with Gasteiger partial charge in [-0.25, -0.2) is 0 Å². The van der Waals surface area contributed by atoms with Crippen molar-refractivity contribution in [2.45, 2.75) is 50.5 Å². The van der Waals surface area contributed by atoms with Crippen LogP contribution in [0.2, 0.25) is 0 Å². The van der Waals surface area contributed by atoms with Gasteiger partial charge >= 0.3 is 0 Å². The van der Waals surface area contributed by atoms with E-state index in [1.54, 1.807) is 0 Å². The summed E-state index contributed by atoms with van der Waals surface area (Å²) in [6, 6.07) is 2.22. The number of piperazine rings is 1. The Hall–Kier alpha value is -1.65. The van der Waals surface area contributed by atoms with E-state index in [-0.39, 0.29) is 23.7 Å². The number of nitrogens with one attached hydrogen (secondary N) is 1. The molecule has 1 N–H and O–H groups in total. The van der Waals surface area contributed by atoms with Crippen molar-refractivity contribution in [1.29, 1.82) is 5.26 Å². The average Bonchev–Trinajstić information content (AvgIpc) is 3.47. The molecule has 1 saturated heterocycles. The van der Waals surface area contributed by atoms with E-state index < -0.39 is 5.54 Å². The Morgan fingerprint density at radius 1 is 1.11 bits per heavy atom. The molecule has 2 aliphatic carbocycles. The monoisotopic (exact) mass is 389 g/mol. The molecule has 0 aromatic rings. The first-order chi connectivity index (χ1) is 13.4. The maximum atomic E-state index is 13.2. The standard InChI is InChI=1S/C21H35N5O2/c1-24(2)10-5-11-25-12-14-26(15-13-25)20(28)18-7-4-3-6-17(18)19(27)23-21(16-22)8-9-21/h17-18H,3-15H2,1-2H3,(H,23,27)/t17-,18-/m1/s1. The Bertz CT molecular complexity index is 602. The summed E-state index contributed by atoms with van der Waals surface area (Å²) < 4.78 is 0. The molecule has 0 aromatic carbocycles. The third kappa shape index (κ3) is 5.24. The Morgan fingerprint density at radius 2 is 1.75 bits per heavy atom. The van der Waals surface area contributed by atoms with Crippen molar-refractivity contribution < 1.29 is 9.59 Å². The SMILES string of the molecule is CN(C)CCCN1CCN(C(=O)[C@@H]2CCCC[C@H]2C(=O)NC2(C#N)CC2)CC1.